The minimum absolute atomic E-state index is 0.0228. The summed E-state index contributed by atoms with van der Waals surface area (Å²) in [6, 6.07) is 0. The van der Waals surface area contributed by atoms with Crippen molar-refractivity contribution in [2.45, 2.75) is 103 Å². The normalized spacial score (nSPS) is 33.3. The SMILES string of the molecule is C=C(C)C(=O)OC1(C2CCC(OC(=O)C3CCC(C)CC3)CC2)CCCC1. The Morgan fingerprint density at radius 1 is 0.926 bits per heavy atom. The lowest BCUT2D eigenvalue weighted by atomic mass is 9.74. The van der Waals surface area contributed by atoms with Crippen LogP contribution in [0.4, 0.5) is 0 Å². The average molecular weight is 377 g/mol. The molecule has 3 rings (SSSR count). The zero-order chi connectivity index (χ0) is 19.4. The van der Waals surface area contributed by atoms with E-state index in [9.17, 15) is 9.59 Å². The summed E-state index contributed by atoms with van der Waals surface area (Å²) in [6.07, 6.45) is 12.2. The molecule has 3 aliphatic carbocycles. The molecule has 3 saturated carbocycles. The van der Waals surface area contributed by atoms with Gasteiger partial charge in [-0.2, -0.15) is 0 Å². The minimum atomic E-state index is -0.315. The standard InChI is InChI=1S/C23H36O4/c1-16(2)21(24)27-23(14-4-5-15-23)19-10-12-20(13-11-19)26-22(25)18-8-6-17(3)7-9-18/h17-20H,1,4-15H2,2-3H3. The molecule has 0 N–H and O–H groups in total. The predicted octanol–water partition coefficient (Wildman–Crippen LogP) is 5.35. The van der Waals surface area contributed by atoms with Gasteiger partial charge in [-0.3, -0.25) is 4.79 Å². The molecule has 0 atom stereocenters. The third-order valence-corrected chi connectivity index (χ3v) is 7.14. The van der Waals surface area contributed by atoms with Crippen molar-refractivity contribution in [3.8, 4) is 0 Å². The number of carbonyl (C=O) groups excluding carboxylic acids is 2. The van der Waals surface area contributed by atoms with E-state index < -0.39 is 0 Å². The van der Waals surface area contributed by atoms with Gasteiger partial charge in [0.1, 0.15) is 11.7 Å². The molecular formula is C23H36O4. The molecular weight excluding hydrogens is 340 g/mol. The predicted molar refractivity (Wildman–Crippen MR) is 105 cm³/mol. The number of hydrogen-bond acceptors (Lipinski definition) is 4. The van der Waals surface area contributed by atoms with Crippen LogP contribution in [0.2, 0.25) is 0 Å². The highest BCUT2D eigenvalue weighted by atomic mass is 16.6. The van der Waals surface area contributed by atoms with E-state index in [2.05, 4.69) is 13.5 Å². The highest BCUT2D eigenvalue weighted by Gasteiger charge is 2.46. The third kappa shape index (κ3) is 4.94. The van der Waals surface area contributed by atoms with Crippen molar-refractivity contribution in [2.24, 2.45) is 17.8 Å². The van der Waals surface area contributed by atoms with Crippen LogP contribution in [-0.2, 0) is 19.1 Å². The van der Waals surface area contributed by atoms with Crippen LogP contribution in [0, 0.1) is 17.8 Å². The summed E-state index contributed by atoms with van der Waals surface area (Å²) in [4.78, 5) is 24.7. The van der Waals surface area contributed by atoms with Gasteiger partial charge in [-0.15, -0.1) is 0 Å². The fourth-order valence-electron chi connectivity index (χ4n) is 5.30. The summed E-state index contributed by atoms with van der Waals surface area (Å²) in [7, 11) is 0. The Labute approximate surface area is 164 Å². The molecule has 4 heteroatoms. The van der Waals surface area contributed by atoms with E-state index in [1.54, 1.807) is 6.92 Å². The van der Waals surface area contributed by atoms with Crippen LogP contribution in [0.5, 0.6) is 0 Å². The van der Waals surface area contributed by atoms with Crippen molar-refractivity contribution < 1.29 is 19.1 Å². The van der Waals surface area contributed by atoms with Gasteiger partial charge in [-0.1, -0.05) is 13.5 Å². The zero-order valence-corrected chi connectivity index (χ0v) is 17.1. The van der Waals surface area contributed by atoms with Crippen molar-refractivity contribution in [1.82, 2.24) is 0 Å². The van der Waals surface area contributed by atoms with E-state index in [4.69, 9.17) is 9.47 Å². The van der Waals surface area contributed by atoms with Crippen LogP contribution >= 0.6 is 0 Å². The van der Waals surface area contributed by atoms with E-state index in [1.165, 1.54) is 0 Å². The summed E-state index contributed by atoms with van der Waals surface area (Å²) in [5.74, 6) is 1.01. The Balaban J connectivity index is 1.50. The fraction of sp³-hybridized carbons (Fsp3) is 0.826. The van der Waals surface area contributed by atoms with Crippen molar-refractivity contribution >= 4 is 11.9 Å². The highest BCUT2D eigenvalue weighted by molar-refractivity contribution is 5.87. The van der Waals surface area contributed by atoms with Gasteiger partial charge in [-0.05, 0) is 95.8 Å². The highest BCUT2D eigenvalue weighted by Crippen LogP contribution is 2.46. The second-order valence-corrected chi connectivity index (χ2v) is 9.31. The number of hydrogen-bond donors (Lipinski definition) is 0. The molecule has 3 aliphatic rings. The first-order valence-corrected chi connectivity index (χ1v) is 11.0. The first kappa shape index (κ1) is 20.4. The quantitative estimate of drug-likeness (QED) is 0.479. The van der Waals surface area contributed by atoms with Gasteiger partial charge in [-0.25, -0.2) is 4.79 Å². The summed E-state index contributed by atoms with van der Waals surface area (Å²) in [5.41, 5.74) is 0.163. The van der Waals surface area contributed by atoms with Crippen LogP contribution in [0.15, 0.2) is 12.2 Å². The van der Waals surface area contributed by atoms with Crippen LogP contribution < -0.4 is 0 Å². The van der Waals surface area contributed by atoms with Crippen LogP contribution in [0.1, 0.15) is 90.9 Å². The summed E-state index contributed by atoms with van der Waals surface area (Å²) >= 11 is 0. The van der Waals surface area contributed by atoms with Crippen molar-refractivity contribution in [3.05, 3.63) is 12.2 Å². The molecule has 0 aromatic rings. The Morgan fingerprint density at radius 2 is 1.52 bits per heavy atom. The van der Waals surface area contributed by atoms with Gasteiger partial charge in [0.15, 0.2) is 0 Å². The van der Waals surface area contributed by atoms with Gasteiger partial charge in [0.05, 0.1) is 5.92 Å². The van der Waals surface area contributed by atoms with Gasteiger partial charge >= 0.3 is 11.9 Å². The number of rotatable bonds is 5. The molecule has 0 amide bonds. The first-order valence-electron chi connectivity index (χ1n) is 11.0. The second kappa shape index (κ2) is 8.79. The van der Waals surface area contributed by atoms with Crippen LogP contribution in [0.25, 0.3) is 0 Å². The largest absolute Gasteiger partial charge is 0.462 e. The second-order valence-electron chi connectivity index (χ2n) is 9.31. The van der Waals surface area contributed by atoms with Gasteiger partial charge in [0, 0.05) is 5.57 Å². The molecule has 0 spiro atoms. The molecule has 0 unspecified atom stereocenters. The number of esters is 2. The Morgan fingerprint density at radius 3 is 2.07 bits per heavy atom. The molecule has 0 saturated heterocycles. The molecule has 0 radical (unpaired) electrons. The van der Waals surface area contributed by atoms with E-state index in [1.807, 2.05) is 0 Å². The van der Waals surface area contributed by atoms with Crippen molar-refractivity contribution in [2.75, 3.05) is 0 Å². The average Bonchev–Trinajstić information content (AvgIpc) is 3.12. The Bertz CT molecular complexity index is 545. The van der Waals surface area contributed by atoms with E-state index in [-0.39, 0.29) is 29.6 Å². The summed E-state index contributed by atoms with van der Waals surface area (Å²) in [6.45, 7) is 7.72. The topological polar surface area (TPSA) is 52.6 Å². The summed E-state index contributed by atoms with van der Waals surface area (Å²) < 4.78 is 11.8. The molecule has 0 aromatic carbocycles. The van der Waals surface area contributed by atoms with Gasteiger partial charge in [0.2, 0.25) is 0 Å². The molecule has 4 nitrogen and oxygen atoms in total. The molecule has 0 bridgehead atoms. The fourth-order valence-corrected chi connectivity index (χ4v) is 5.30. The maximum Gasteiger partial charge on any atom is 0.333 e. The molecule has 152 valence electrons. The van der Waals surface area contributed by atoms with E-state index in [0.29, 0.717) is 11.5 Å². The van der Waals surface area contributed by atoms with Gasteiger partial charge < -0.3 is 9.47 Å². The van der Waals surface area contributed by atoms with Crippen LogP contribution in [-0.4, -0.2) is 23.6 Å². The molecule has 0 aromatic heterocycles. The first-order chi connectivity index (χ1) is 12.9. The lowest BCUT2D eigenvalue weighted by molar-refractivity contribution is -0.166. The van der Waals surface area contributed by atoms with Crippen molar-refractivity contribution in [3.63, 3.8) is 0 Å². The molecule has 0 heterocycles. The lowest BCUT2D eigenvalue weighted by Crippen LogP contribution is -2.43. The van der Waals surface area contributed by atoms with E-state index >= 15 is 0 Å². The van der Waals surface area contributed by atoms with Crippen LogP contribution in [0.3, 0.4) is 0 Å². The molecule has 27 heavy (non-hydrogen) atoms. The zero-order valence-electron chi connectivity index (χ0n) is 17.1. The Kier molecular flexibility index (Phi) is 6.65. The monoisotopic (exact) mass is 376 g/mol. The van der Waals surface area contributed by atoms with E-state index in [0.717, 1.165) is 83.0 Å². The maximum atomic E-state index is 12.5. The minimum Gasteiger partial charge on any atom is -0.462 e. The Hall–Kier alpha value is -1.32. The summed E-state index contributed by atoms with van der Waals surface area (Å²) in [5, 5.41) is 0. The third-order valence-electron chi connectivity index (χ3n) is 7.14. The number of ether oxygens (including phenoxy) is 2. The van der Waals surface area contributed by atoms with Gasteiger partial charge in [0.25, 0.3) is 0 Å². The smallest absolute Gasteiger partial charge is 0.333 e. The lowest BCUT2D eigenvalue weighted by Gasteiger charge is -2.41. The number of carbonyl (C=O) groups is 2. The van der Waals surface area contributed by atoms with Crippen molar-refractivity contribution in [1.29, 1.82) is 0 Å². The molecule has 3 fully saturated rings. The maximum absolute atomic E-state index is 12.5. The molecule has 0 aliphatic heterocycles.